The van der Waals surface area contributed by atoms with Crippen LogP contribution in [0.25, 0.3) is 0 Å². The van der Waals surface area contributed by atoms with E-state index in [0.717, 1.165) is 12.8 Å². The van der Waals surface area contributed by atoms with Gasteiger partial charge in [0.05, 0.1) is 5.38 Å². The molecule has 2 aromatic rings. The van der Waals surface area contributed by atoms with E-state index in [1.165, 1.54) is 28.7 Å². The molecule has 0 spiro atoms. The zero-order valence-corrected chi connectivity index (χ0v) is 13.6. The molecule has 0 amide bonds. The van der Waals surface area contributed by atoms with E-state index in [1.54, 1.807) is 0 Å². The number of benzene rings is 2. The standard InChI is InChI=1S/C20H23Cl/c1-3-14-10-11-15(4-2)18(12-14)20(21)19-13-17(19)16-8-6-5-7-9-16/h5-12,17,19-20H,3-4,13H2,1-2H3. The summed E-state index contributed by atoms with van der Waals surface area (Å²) in [5, 5.41) is 0.150. The zero-order valence-electron chi connectivity index (χ0n) is 12.9. The Morgan fingerprint density at radius 2 is 1.81 bits per heavy atom. The van der Waals surface area contributed by atoms with Crippen molar-refractivity contribution in [2.75, 3.05) is 0 Å². The molecule has 0 heterocycles. The summed E-state index contributed by atoms with van der Waals surface area (Å²) in [5.41, 5.74) is 5.61. The van der Waals surface area contributed by atoms with Crippen molar-refractivity contribution < 1.29 is 0 Å². The first-order chi connectivity index (χ1) is 10.2. The van der Waals surface area contributed by atoms with Crippen molar-refractivity contribution >= 4 is 11.6 Å². The van der Waals surface area contributed by atoms with Crippen LogP contribution in [0.1, 0.15) is 53.8 Å². The van der Waals surface area contributed by atoms with Gasteiger partial charge in [0.15, 0.2) is 0 Å². The Balaban J connectivity index is 1.82. The molecule has 2 aromatic carbocycles. The number of hydrogen-bond acceptors (Lipinski definition) is 0. The molecular formula is C20H23Cl. The molecule has 0 saturated heterocycles. The van der Waals surface area contributed by atoms with Crippen molar-refractivity contribution in [2.24, 2.45) is 5.92 Å². The van der Waals surface area contributed by atoms with Gasteiger partial charge < -0.3 is 0 Å². The van der Waals surface area contributed by atoms with Crippen molar-refractivity contribution in [3.8, 4) is 0 Å². The summed E-state index contributed by atoms with van der Waals surface area (Å²) in [5.74, 6) is 1.23. The lowest BCUT2D eigenvalue weighted by atomic mass is 9.95. The first-order valence-electron chi connectivity index (χ1n) is 8.05. The second kappa shape index (κ2) is 6.23. The van der Waals surface area contributed by atoms with Crippen LogP contribution >= 0.6 is 11.6 Å². The molecule has 1 heteroatoms. The highest BCUT2D eigenvalue weighted by Crippen LogP contribution is 2.56. The van der Waals surface area contributed by atoms with E-state index in [1.807, 2.05) is 0 Å². The maximum absolute atomic E-state index is 6.86. The third-order valence-corrected chi connectivity index (χ3v) is 5.30. The molecule has 1 aliphatic rings. The molecule has 0 bridgehead atoms. The molecule has 3 unspecified atom stereocenters. The molecule has 0 aliphatic heterocycles. The largest absolute Gasteiger partial charge is 0.117 e. The SMILES string of the molecule is CCc1ccc(CC)c(C(Cl)C2CC2c2ccccc2)c1. The molecule has 0 nitrogen and oxygen atoms in total. The average Bonchev–Trinajstić information content (AvgIpc) is 3.35. The second-order valence-electron chi connectivity index (χ2n) is 6.06. The lowest BCUT2D eigenvalue weighted by Gasteiger charge is -2.16. The summed E-state index contributed by atoms with van der Waals surface area (Å²) >= 11 is 6.86. The van der Waals surface area contributed by atoms with Crippen molar-refractivity contribution in [2.45, 2.75) is 44.4 Å². The third-order valence-electron chi connectivity index (χ3n) is 4.74. The highest BCUT2D eigenvalue weighted by Gasteiger charge is 2.44. The van der Waals surface area contributed by atoms with Crippen molar-refractivity contribution in [1.82, 2.24) is 0 Å². The van der Waals surface area contributed by atoms with Gasteiger partial charge in [-0.2, -0.15) is 0 Å². The van der Waals surface area contributed by atoms with Crippen LogP contribution in [-0.2, 0) is 12.8 Å². The van der Waals surface area contributed by atoms with Gasteiger partial charge >= 0.3 is 0 Å². The topological polar surface area (TPSA) is 0 Å². The van der Waals surface area contributed by atoms with Gasteiger partial charge in [-0.3, -0.25) is 0 Å². The maximum Gasteiger partial charge on any atom is 0.0622 e. The van der Waals surface area contributed by atoms with E-state index in [4.69, 9.17) is 11.6 Å². The van der Waals surface area contributed by atoms with Crippen molar-refractivity contribution in [1.29, 1.82) is 0 Å². The molecule has 21 heavy (non-hydrogen) atoms. The zero-order chi connectivity index (χ0) is 14.8. The molecule has 1 aliphatic carbocycles. The van der Waals surface area contributed by atoms with E-state index in [2.05, 4.69) is 62.4 Å². The van der Waals surface area contributed by atoms with E-state index in [0.29, 0.717) is 11.8 Å². The summed E-state index contributed by atoms with van der Waals surface area (Å²) in [6.07, 6.45) is 3.36. The number of halogens is 1. The first kappa shape index (κ1) is 14.7. The summed E-state index contributed by atoms with van der Waals surface area (Å²) in [4.78, 5) is 0. The number of rotatable bonds is 5. The van der Waals surface area contributed by atoms with E-state index < -0.39 is 0 Å². The third kappa shape index (κ3) is 3.01. The fourth-order valence-electron chi connectivity index (χ4n) is 3.30. The van der Waals surface area contributed by atoms with Gasteiger partial charge in [-0.25, -0.2) is 0 Å². The fraction of sp³-hybridized carbons (Fsp3) is 0.400. The number of hydrogen-bond donors (Lipinski definition) is 0. The van der Waals surface area contributed by atoms with Crippen molar-refractivity contribution in [3.05, 3.63) is 70.8 Å². The van der Waals surface area contributed by atoms with Crippen LogP contribution in [0.2, 0.25) is 0 Å². The molecule has 1 saturated carbocycles. The Morgan fingerprint density at radius 3 is 2.48 bits per heavy atom. The monoisotopic (exact) mass is 298 g/mol. The predicted octanol–water partition coefficient (Wildman–Crippen LogP) is 5.90. The summed E-state index contributed by atoms with van der Waals surface area (Å²) < 4.78 is 0. The minimum Gasteiger partial charge on any atom is -0.117 e. The highest BCUT2D eigenvalue weighted by molar-refractivity contribution is 6.21. The predicted molar refractivity (Wildman–Crippen MR) is 91.1 cm³/mol. The van der Waals surface area contributed by atoms with Gasteiger partial charge in [0, 0.05) is 0 Å². The normalized spacial score (nSPS) is 22.0. The molecule has 0 radical (unpaired) electrons. The van der Waals surface area contributed by atoms with Crippen LogP contribution in [0.5, 0.6) is 0 Å². The van der Waals surface area contributed by atoms with Crippen LogP contribution in [0.4, 0.5) is 0 Å². The van der Waals surface area contributed by atoms with Gasteiger partial charge in [0.1, 0.15) is 0 Å². The Hall–Kier alpha value is -1.27. The van der Waals surface area contributed by atoms with Crippen LogP contribution in [-0.4, -0.2) is 0 Å². The second-order valence-corrected chi connectivity index (χ2v) is 6.53. The van der Waals surface area contributed by atoms with Crippen molar-refractivity contribution in [3.63, 3.8) is 0 Å². The number of aryl methyl sites for hydroxylation is 2. The smallest absolute Gasteiger partial charge is 0.0622 e. The number of alkyl halides is 1. The van der Waals surface area contributed by atoms with Crippen LogP contribution in [0.3, 0.4) is 0 Å². The maximum atomic E-state index is 6.86. The van der Waals surface area contributed by atoms with Gasteiger partial charge in [-0.15, -0.1) is 11.6 Å². The lowest BCUT2D eigenvalue weighted by Crippen LogP contribution is -2.01. The molecule has 3 rings (SSSR count). The molecule has 0 N–H and O–H groups in total. The van der Waals surface area contributed by atoms with E-state index >= 15 is 0 Å². The summed E-state index contributed by atoms with van der Waals surface area (Å²) in [6.45, 7) is 4.42. The first-order valence-corrected chi connectivity index (χ1v) is 8.49. The fourth-order valence-corrected chi connectivity index (χ4v) is 3.78. The molecular weight excluding hydrogens is 276 g/mol. The van der Waals surface area contributed by atoms with Gasteiger partial charge in [-0.05, 0) is 53.4 Å². The Labute approximate surface area is 133 Å². The molecule has 110 valence electrons. The average molecular weight is 299 g/mol. The van der Waals surface area contributed by atoms with Gasteiger partial charge in [0.2, 0.25) is 0 Å². The van der Waals surface area contributed by atoms with Gasteiger partial charge in [0.25, 0.3) is 0 Å². The van der Waals surface area contributed by atoms with Gasteiger partial charge in [-0.1, -0.05) is 62.4 Å². The Bertz CT molecular complexity index is 602. The van der Waals surface area contributed by atoms with E-state index in [-0.39, 0.29) is 5.38 Å². The lowest BCUT2D eigenvalue weighted by molar-refractivity contribution is 0.754. The summed E-state index contributed by atoms with van der Waals surface area (Å²) in [7, 11) is 0. The van der Waals surface area contributed by atoms with Crippen LogP contribution in [0.15, 0.2) is 48.5 Å². The molecule has 0 aromatic heterocycles. The Morgan fingerprint density at radius 1 is 1.05 bits per heavy atom. The summed E-state index contributed by atoms with van der Waals surface area (Å²) in [6, 6.07) is 17.6. The van der Waals surface area contributed by atoms with E-state index in [9.17, 15) is 0 Å². The minimum atomic E-state index is 0.150. The quantitative estimate of drug-likeness (QED) is 0.603. The molecule has 1 fully saturated rings. The van der Waals surface area contributed by atoms with Crippen LogP contribution < -0.4 is 0 Å². The minimum absolute atomic E-state index is 0.150. The molecule has 3 atom stereocenters. The van der Waals surface area contributed by atoms with Crippen LogP contribution in [0, 0.1) is 5.92 Å². The Kier molecular flexibility index (Phi) is 4.35. The highest BCUT2D eigenvalue weighted by atomic mass is 35.5.